The zero-order valence-electron chi connectivity index (χ0n) is 14.0. The Morgan fingerprint density at radius 1 is 1.12 bits per heavy atom. The maximum atomic E-state index is 12.5. The third-order valence-corrected chi connectivity index (χ3v) is 6.12. The van der Waals surface area contributed by atoms with E-state index in [4.69, 9.17) is 0 Å². The Labute approximate surface area is 144 Å². The van der Waals surface area contributed by atoms with Crippen LogP contribution in [0.25, 0.3) is 0 Å². The van der Waals surface area contributed by atoms with Gasteiger partial charge in [0.05, 0.1) is 19.8 Å². The molecule has 10 heteroatoms. The van der Waals surface area contributed by atoms with Gasteiger partial charge in [-0.1, -0.05) is 13.8 Å². The topological polar surface area (TPSA) is 116 Å². The number of methoxy groups -OCH3 is 2. The number of carbonyl (C=O) groups is 3. The summed E-state index contributed by atoms with van der Waals surface area (Å²) in [5, 5.41) is 0. The van der Waals surface area contributed by atoms with Crippen molar-refractivity contribution in [2.45, 2.75) is 31.4 Å². The van der Waals surface area contributed by atoms with E-state index in [1.807, 2.05) is 4.72 Å². The van der Waals surface area contributed by atoms with Crippen LogP contribution in [0.2, 0.25) is 0 Å². The van der Waals surface area contributed by atoms with E-state index in [1.165, 1.54) is 6.92 Å². The third-order valence-electron chi connectivity index (χ3n) is 2.96. The molecule has 1 amide bonds. The van der Waals surface area contributed by atoms with Crippen LogP contribution in [0.4, 0.5) is 0 Å². The normalized spacial score (nSPS) is 11.2. The van der Waals surface area contributed by atoms with Gasteiger partial charge in [-0.2, -0.15) is 0 Å². The maximum absolute atomic E-state index is 12.5. The SMILES string of the molecule is COC(=O)c1sc(S(=O)(=O)NC(=O)CC(C)C)c(C(=O)OC)c1C. The number of rotatable bonds is 6. The smallest absolute Gasteiger partial charge is 0.348 e. The van der Waals surface area contributed by atoms with Gasteiger partial charge in [0.15, 0.2) is 4.21 Å². The number of nitrogens with one attached hydrogen (secondary N) is 1. The second-order valence-electron chi connectivity index (χ2n) is 5.33. The van der Waals surface area contributed by atoms with E-state index >= 15 is 0 Å². The van der Waals surface area contributed by atoms with Gasteiger partial charge in [0.1, 0.15) is 4.88 Å². The lowest BCUT2D eigenvalue weighted by Gasteiger charge is -2.08. The maximum Gasteiger partial charge on any atom is 0.348 e. The second kappa shape index (κ2) is 7.75. The van der Waals surface area contributed by atoms with E-state index in [9.17, 15) is 22.8 Å². The van der Waals surface area contributed by atoms with Gasteiger partial charge in [-0.25, -0.2) is 22.7 Å². The van der Waals surface area contributed by atoms with Crippen molar-refractivity contribution in [2.24, 2.45) is 5.92 Å². The standard InChI is InChI=1S/C14H19NO7S2/c1-7(2)6-9(16)15-24(19,20)14-10(12(17)21-4)8(3)11(23-14)13(18)22-5/h7H,6H2,1-5H3,(H,15,16). The summed E-state index contributed by atoms with van der Waals surface area (Å²) in [6.07, 6.45) is 0.000996. The van der Waals surface area contributed by atoms with Gasteiger partial charge in [0, 0.05) is 6.42 Å². The summed E-state index contributed by atoms with van der Waals surface area (Å²) in [6.45, 7) is 4.93. The molecular formula is C14H19NO7S2. The quantitative estimate of drug-likeness (QED) is 0.746. The van der Waals surface area contributed by atoms with Crippen molar-refractivity contribution in [1.29, 1.82) is 0 Å². The highest BCUT2D eigenvalue weighted by atomic mass is 32.2. The van der Waals surface area contributed by atoms with E-state index in [2.05, 4.69) is 9.47 Å². The highest BCUT2D eigenvalue weighted by Gasteiger charge is 2.33. The van der Waals surface area contributed by atoms with E-state index in [1.54, 1.807) is 13.8 Å². The van der Waals surface area contributed by atoms with Gasteiger partial charge in [-0.15, -0.1) is 11.3 Å². The molecule has 0 unspecified atom stereocenters. The first-order valence-corrected chi connectivity index (χ1v) is 9.20. The fourth-order valence-electron chi connectivity index (χ4n) is 1.91. The van der Waals surface area contributed by atoms with Gasteiger partial charge in [-0.05, 0) is 18.4 Å². The molecule has 0 saturated heterocycles. The van der Waals surface area contributed by atoms with Crippen LogP contribution >= 0.6 is 11.3 Å². The van der Waals surface area contributed by atoms with Gasteiger partial charge in [-0.3, -0.25) is 4.79 Å². The molecular weight excluding hydrogens is 358 g/mol. The van der Waals surface area contributed by atoms with Crippen molar-refractivity contribution >= 4 is 39.2 Å². The molecule has 0 aliphatic heterocycles. The fraction of sp³-hybridized carbons (Fsp3) is 0.500. The molecule has 1 N–H and O–H groups in total. The van der Waals surface area contributed by atoms with Crippen molar-refractivity contribution in [3.05, 3.63) is 16.0 Å². The summed E-state index contributed by atoms with van der Waals surface area (Å²) in [5.74, 6) is -2.45. The lowest BCUT2D eigenvalue weighted by Crippen LogP contribution is -2.31. The Hall–Kier alpha value is -1.94. The molecule has 8 nitrogen and oxygen atoms in total. The van der Waals surface area contributed by atoms with Crippen molar-refractivity contribution in [3.8, 4) is 0 Å². The molecule has 1 aromatic rings. The number of hydrogen-bond acceptors (Lipinski definition) is 8. The number of carbonyl (C=O) groups excluding carboxylic acids is 3. The Morgan fingerprint density at radius 2 is 1.67 bits per heavy atom. The number of amides is 1. The summed E-state index contributed by atoms with van der Waals surface area (Å²) in [6, 6.07) is 0. The minimum Gasteiger partial charge on any atom is -0.465 e. The Bertz CT molecular complexity index is 762. The van der Waals surface area contributed by atoms with Gasteiger partial charge < -0.3 is 9.47 Å². The molecule has 0 atom stereocenters. The van der Waals surface area contributed by atoms with E-state index in [-0.39, 0.29) is 28.3 Å². The molecule has 24 heavy (non-hydrogen) atoms. The summed E-state index contributed by atoms with van der Waals surface area (Å²) < 4.78 is 35.5. The van der Waals surface area contributed by atoms with Crippen molar-refractivity contribution < 1.29 is 32.3 Å². The molecule has 0 aliphatic rings. The van der Waals surface area contributed by atoms with E-state index in [0.29, 0.717) is 11.3 Å². The molecule has 134 valence electrons. The molecule has 0 bridgehead atoms. The summed E-state index contributed by atoms with van der Waals surface area (Å²) >= 11 is 0.552. The predicted molar refractivity (Wildman–Crippen MR) is 86.5 cm³/mol. The number of hydrogen-bond donors (Lipinski definition) is 1. The van der Waals surface area contributed by atoms with Gasteiger partial charge >= 0.3 is 11.9 Å². The molecule has 1 aromatic heterocycles. The summed E-state index contributed by atoms with van der Waals surface area (Å²) in [4.78, 5) is 35.4. The van der Waals surface area contributed by atoms with Crippen LogP contribution in [0.15, 0.2) is 4.21 Å². The molecule has 0 spiro atoms. The van der Waals surface area contributed by atoms with Gasteiger partial charge in [0.25, 0.3) is 10.0 Å². The van der Waals surface area contributed by atoms with Crippen molar-refractivity contribution in [1.82, 2.24) is 4.72 Å². The number of ether oxygens (including phenoxy) is 2. The Morgan fingerprint density at radius 3 is 2.12 bits per heavy atom. The molecule has 0 saturated carbocycles. The van der Waals surface area contributed by atoms with Crippen LogP contribution in [0.1, 0.15) is 45.9 Å². The Kier molecular flexibility index (Phi) is 6.50. The minimum absolute atomic E-state index is 0.000996. The highest BCUT2D eigenvalue weighted by molar-refractivity contribution is 7.92. The monoisotopic (exact) mass is 377 g/mol. The van der Waals surface area contributed by atoms with E-state index < -0.39 is 32.1 Å². The molecule has 0 fully saturated rings. The molecule has 1 heterocycles. The predicted octanol–water partition coefficient (Wildman–Crippen LogP) is 1.48. The zero-order valence-corrected chi connectivity index (χ0v) is 15.6. The zero-order chi connectivity index (χ0) is 18.7. The lowest BCUT2D eigenvalue weighted by atomic mass is 10.1. The average molecular weight is 377 g/mol. The molecule has 0 aromatic carbocycles. The second-order valence-corrected chi connectivity index (χ2v) is 8.23. The third kappa shape index (κ3) is 4.32. The van der Waals surface area contributed by atoms with E-state index in [0.717, 1.165) is 14.2 Å². The van der Waals surface area contributed by atoms with Crippen molar-refractivity contribution in [2.75, 3.05) is 14.2 Å². The van der Waals surface area contributed by atoms with Crippen molar-refractivity contribution in [3.63, 3.8) is 0 Å². The molecule has 1 rings (SSSR count). The van der Waals surface area contributed by atoms with Gasteiger partial charge in [0.2, 0.25) is 5.91 Å². The van der Waals surface area contributed by atoms with Crippen LogP contribution in [0.3, 0.4) is 0 Å². The average Bonchev–Trinajstić information content (AvgIpc) is 2.82. The molecule has 0 radical (unpaired) electrons. The van der Waals surface area contributed by atoms with Crippen LogP contribution in [0, 0.1) is 12.8 Å². The fourth-order valence-corrected chi connectivity index (χ4v) is 4.65. The largest absolute Gasteiger partial charge is 0.465 e. The lowest BCUT2D eigenvalue weighted by molar-refractivity contribution is -0.120. The minimum atomic E-state index is -4.32. The van der Waals surface area contributed by atoms with Crippen LogP contribution in [-0.2, 0) is 24.3 Å². The molecule has 0 aliphatic carbocycles. The number of thiophene rings is 1. The highest BCUT2D eigenvalue weighted by Crippen LogP contribution is 2.33. The van der Waals surface area contributed by atoms with Crippen LogP contribution < -0.4 is 4.72 Å². The van der Waals surface area contributed by atoms with Crippen LogP contribution in [-0.4, -0.2) is 40.5 Å². The summed E-state index contributed by atoms with van der Waals surface area (Å²) in [7, 11) is -2.10. The number of esters is 2. The first kappa shape index (κ1) is 20.1. The number of sulfonamides is 1. The first-order valence-electron chi connectivity index (χ1n) is 6.90. The first-order chi connectivity index (χ1) is 11.0. The summed E-state index contributed by atoms with van der Waals surface area (Å²) in [5.41, 5.74) is -0.164. The van der Waals surface area contributed by atoms with Crippen LogP contribution in [0.5, 0.6) is 0 Å². The Balaban J connectivity index is 3.43.